The molecule has 2 N–H and O–H groups in total. The highest BCUT2D eigenvalue weighted by Crippen LogP contribution is 2.24. The summed E-state index contributed by atoms with van der Waals surface area (Å²) in [5, 5.41) is 23.6. The lowest BCUT2D eigenvalue weighted by atomic mass is 9.91. The van der Waals surface area contributed by atoms with Crippen molar-refractivity contribution < 1.29 is 9.90 Å². The van der Waals surface area contributed by atoms with E-state index in [1.54, 1.807) is 25.1 Å². The summed E-state index contributed by atoms with van der Waals surface area (Å²) >= 11 is 0. The van der Waals surface area contributed by atoms with E-state index in [-0.39, 0.29) is 6.04 Å². The van der Waals surface area contributed by atoms with E-state index in [1.807, 2.05) is 19.9 Å². The maximum Gasteiger partial charge on any atom is 0.328 e. The predicted molar refractivity (Wildman–Crippen MR) is 72.4 cm³/mol. The number of nitrogens with one attached hydrogen (secondary N) is 1. The molecule has 0 saturated heterocycles. The zero-order chi connectivity index (χ0) is 14.8. The van der Waals surface area contributed by atoms with Crippen LogP contribution in [0.2, 0.25) is 0 Å². The summed E-state index contributed by atoms with van der Waals surface area (Å²) in [5.74, 6) is -0.930. The third-order valence-electron chi connectivity index (χ3n) is 3.04. The standard InChI is InChI=1S/C13H17N5O2/c1-9(2)15-13(3,12(19)20)10-5-4-6-11(7-10)18-8-14-16-17-18/h4-9,15H,1-3H3,(H,19,20). The van der Waals surface area contributed by atoms with Gasteiger partial charge in [-0.2, -0.15) is 0 Å². The molecule has 0 fully saturated rings. The van der Waals surface area contributed by atoms with Gasteiger partial charge in [-0.05, 0) is 48.9 Å². The molecule has 7 nitrogen and oxygen atoms in total. The van der Waals surface area contributed by atoms with Crippen LogP contribution in [-0.4, -0.2) is 37.3 Å². The number of hydrogen-bond acceptors (Lipinski definition) is 5. The Morgan fingerprint density at radius 3 is 2.75 bits per heavy atom. The van der Waals surface area contributed by atoms with Gasteiger partial charge in [0.25, 0.3) is 0 Å². The molecule has 2 aromatic rings. The van der Waals surface area contributed by atoms with Gasteiger partial charge >= 0.3 is 5.97 Å². The number of hydrogen-bond donors (Lipinski definition) is 2. The van der Waals surface area contributed by atoms with Crippen LogP contribution in [0.1, 0.15) is 26.3 Å². The summed E-state index contributed by atoms with van der Waals surface area (Å²) in [6, 6.07) is 7.18. The van der Waals surface area contributed by atoms with Gasteiger partial charge in [0.05, 0.1) is 5.69 Å². The van der Waals surface area contributed by atoms with Crippen LogP contribution in [0, 0.1) is 0 Å². The summed E-state index contributed by atoms with van der Waals surface area (Å²) in [4.78, 5) is 11.6. The maximum atomic E-state index is 11.6. The molecule has 0 amide bonds. The van der Waals surface area contributed by atoms with E-state index in [1.165, 1.54) is 11.0 Å². The van der Waals surface area contributed by atoms with Gasteiger partial charge in [0.1, 0.15) is 11.9 Å². The number of rotatable bonds is 5. The van der Waals surface area contributed by atoms with Crippen LogP contribution < -0.4 is 5.32 Å². The van der Waals surface area contributed by atoms with E-state index >= 15 is 0 Å². The number of aromatic nitrogens is 4. The Hall–Kier alpha value is -2.28. The molecule has 0 aliphatic carbocycles. The van der Waals surface area contributed by atoms with Crippen molar-refractivity contribution in [2.45, 2.75) is 32.4 Å². The van der Waals surface area contributed by atoms with E-state index in [0.29, 0.717) is 11.3 Å². The zero-order valence-corrected chi connectivity index (χ0v) is 11.6. The van der Waals surface area contributed by atoms with Crippen LogP contribution >= 0.6 is 0 Å². The van der Waals surface area contributed by atoms with Crippen LogP contribution in [0.15, 0.2) is 30.6 Å². The van der Waals surface area contributed by atoms with E-state index in [4.69, 9.17) is 0 Å². The average Bonchev–Trinajstić information content (AvgIpc) is 2.91. The molecule has 0 aliphatic rings. The van der Waals surface area contributed by atoms with Crippen molar-refractivity contribution in [3.05, 3.63) is 36.2 Å². The van der Waals surface area contributed by atoms with Crippen molar-refractivity contribution in [1.29, 1.82) is 0 Å². The number of nitrogens with zero attached hydrogens (tertiary/aromatic N) is 4. The largest absolute Gasteiger partial charge is 0.480 e. The van der Waals surface area contributed by atoms with Gasteiger partial charge in [-0.3, -0.25) is 5.32 Å². The molecule has 1 atom stereocenters. The lowest BCUT2D eigenvalue weighted by Crippen LogP contribution is -2.49. The highest BCUT2D eigenvalue weighted by Gasteiger charge is 2.35. The Morgan fingerprint density at radius 1 is 1.45 bits per heavy atom. The maximum absolute atomic E-state index is 11.6. The topological polar surface area (TPSA) is 92.9 Å². The number of benzene rings is 1. The van der Waals surface area contributed by atoms with Gasteiger partial charge in [0.15, 0.2) is 0 Å². The fourth-order valence-electron chi connectivity index (χ4n) is 2.08. The number of tetrazole rings is 1. The molecular weight excluding hydrogens is 258 g/mol. The normalized spacial score (nSPS) is 14.2. The lowest BCUT2D eigenvalue weighted by Gasteiger charge is -2.29. The average molecular weight is 275 g/mol. The van der Waals surface area contributed by atoms with Gasteiger partial charge in [0.2, 0.25) is 0 Å². The first-order chi connectivity index (χ1) is 9.43. The van der Waals surface area contributed by atoms with Crippen molar-refractivity contribution in [3.63, 3.8) is 0 Å². The molecule has 2 rings (SSSR count). The quantitative estimate of drug-likeness (QED) is 0.844. The van der Waals surface area contributed by atoms with E-state index in [9.17, 15) is 9.90 Å². The molecule has 0 aliphatic heterocycles. The fraction of sp³-hybridized carbons (Fsp3) is 0.385. The molecule has 0 radical (unpaired) electrons. The first-order valence-corrected chi connectivity index (χ1v) is 6.28. The molecule has 1 aromatic carbocycles. The van der Waals surface area contributed by atoms with Crippen molar-refractivity contribution in [2.24, 2.45) is 0 Å². The monoisotopic (exact) mass is 275 g/mol. The number of carbonyl (C=O) groups is 1. The Balaban J connectivity index is 2.45. The van der Waals surface area contributed by atoms with Crippen molar-refractivity contribution in [2.75, 3.05) is 0 Å². The second kappa shape index (κ2) is 5.38. The number of carboxylic acids is 1. The van der Waals surface area contributed by atoms with Crippen molar-refractivity contribution in [3.8, 4) is 5.69 Å². The summed E-state index contributed by atoms with van der Waals surface area (Å²) in [6.45, 7) is 5.47. The summed E-state index contributed by atoms with van der Waals surface area (Å²) in [5.41, 5.74) is 0.190. The number of aliphatic carboxylic acids is 1. The van der Waals surface area contributed by atoms with Gasteiger partial charge in [-0.25, -0.2) is 9.48 Å². The highest BCUT2D eigenvalue weighted by molar-refractivity contribution is 5.80. The minimum atomic E-state index is -1.17. The Labute approximate surface area is 116 Å². The summed E-state index contributed by atoms with van der Waals surface area (Å²) in [7, 11) is 0. The van der Waals surface area contributed by atoms with Crippen LogP contribution in [0.4, 0.5) is 0 Å². The zero-order valence-electron chi connectivity index (χ0n) is 11.6. The molecule has 0 bridgehead atoms. The molecule has 7 heteroatoms. The van der Waals surface area contributed by atoms with E-state index in [0.717, 1.165) is 0 Å². The highest BCUT2D eigenvalue weighted by atomic mass is 16.4. The van der Waals surface area contributed by atoms with Crippen LogP contribution in [0.25, 0.3) is 5.69 Å². The SMILES string of the molecule is CC(C)NC(C)(C(=O)O)c1cccc(-n2cnnn2)c1. The minimum Gasteiger partial charge on any atom is -0.480 e. The molecule has 0 spiro atoms. The van der Waals surface area contributed by atoms with Crippen molar-refractivity contribution >= 4 is 5.97 Å². The van der Waals surface area contributed by atoms with Gasteiger partial charge in [0, 0.05) is 6.04 Å². The Morgan fingerprint density at radius 2 is 2.20 bits per heavy atom. The summed E-state index contributed by atoms with van der Waals surface area (Å²) < 4.78 is 1.49. The van der Waals surface area contributed by atoms with Gasteiger partial charge in [-0.1, -0.05) is 12.1 Å². The molecule has 1 heterocycles. The van der Waals surface area contributed by atoms with E-state index < -0.39 is 11.5 Å². The third-order valence-corrected chi connectivity index (χ3v) is 3.04. The second-order valence-corrected chi connectivity index (χ2v) is 5.03. The second-order valence-electron chi connectivity index (χ2n) is 5.03. The predicted octanol–water partition coefficient (Wildman–Crippen LogP) is 0.960. The summed E-state index contributed by atoms with van der Waals surface area (Å²) in [6.07, 6.45) is 1.47. The van der Waals surface area contributed by atoms with Crippen LogP contribution in [0.3, 0.4) is 0 Å². The Bertz CT molecular complexity index is 597. The van der Waals surface area contributed by atoms with E-state index in [2.05, 4.69) is 20.8 Å². The first kappa shape index (κ1) is 14.1. The fourth-order valence-corrected chi connectivity index (χ4v) is 2.08. The molecule has 106 valence electrons. The molecule has 0 saturated carbocycles. The molecule has 20 heavy (non-hydrogen) atoms. The number of carboxylic acid groups (broad SMARTS) is 1. The molecule has 1 unspecified atom stereocenters. The lowest BCUT2D eigenvalue weighted by molar-refractivity contribution is -0.144. The first-order valence-electron chi connectivity index (χ1n) is 6.28. The van der Waals surface area contributed by atoms with Gasteiger partial charge in [-0.15, -0.1) is 5.10 Å². The van der Waals surface area contributed by atoms with Crippen LogP contribution in [0.5, 0.6) is 0 Å². The Kier molecular flexibility index (Phi) is 3.80. The van der Waals surface area contributed by atoms with Crippen molar-refractivity contribution in [1.82, 2.24) is 25.5 Å². The van der Waals surface area contributed by atoms with Gasteiger partial charge < -0.3 is 5.11 Å². The minimum absolute atomic E-state index is 0.0350. The smallest absolute Gasteiger partial charge is 0.328 e. The molecular formula is C13H17N5O2. The third kappa shape index (κ3) is 2.67. The molecule has 1 aromatic heterocycles. The van der Waals surface area contributed by atoms with Crippen LogP contribution in [-0.2, 0) is 10.3 Å².